The van der Waals surface area contributed by atoms with Gasteiger partial charge in [0.15, 0.2) is 5.78 Å². The van der Waals surface area contributed by atoms with Gasteiger partial charge >= 0.3 is 11.6 Å². The number of carboxylic acids is 1. The molecule has 0 spiro atoms. The molecule has 2 heterocycles. The number of aryl methyl sites for hydroxylation is 2. The molecule has 2 unspecified atom stereocenters. The van der Waals surface area contributed by atoms with Crippen LogP contribution in [0.1, 0.15) is 97.5 Å². The first-order valence-corrected chi connectivity index (χ1v) is 12.9. The first-order chi connectivity index (χ1) is 16.2. The number of hydrogen-bond donors (Lipinski definition) is 2. The van der Waals surface area contributed by atoms with Gasteiger partial charge in [-0.25, -0.2) is 9.59 Å². The Morgan fingerprint density at radius 2 is 1.79 bits per heavy atom. The topological polar surface area (TPSA) is 105 Å². The molecular formula is C27H36O6S. The summed E-state index contributed by atoms with van der Waals surface area (Å²) in [5.74, 6) is -2.15. The fraction of sp³-hybridized carbons (Fsp3) is 0.519. The van der Waals surface area contributed by atoms with Crippen molar-refractivity contribution >= 4 is 23.1 Å². The van der Waals surface area contributed by atoms with Crippen molar-refractivity contribution in [2.24, 2.45) is 5.92 Å². The van der Waals surface area contributed by atoms with E-state index in [2.05, 4.69) is 19.1 Å². The zero-order chi connectivity index (χ0) is 25.1. The van der Waals surface area contributed by atoms with E-state index in [1.54, 1.807) is 18.3 Å². The van der Waals surface area contributed by atoms with Crippen molar-refractivity contribution in [2.75, 3.05) is 0 Å². The normalized spacial score (nSPS) is 13.3. The van der Waals surface area contributed by atoms with Gasteiger partial charge in [-0.1, -0.05) is 46.1 Å². The Balaban J connectivity index is 1.95. The third-order valence-corrected chi connectivity index (χ3v) is 7.18. The molecule has 2 aromatic heterocycles. The van der Waals surface area contributed by atoms with Crippen molar-refractivity contribution in [1.82, 2.24) is 0 Å². The van der Waals surface area contributed by atoms with E-state index < -0.39 is 23.3 Å². The number of ketones is 1. The average molecular weight is 489 g/mol. The summed E-state index contributed by atoms with van der Waals surface area (Å²) < 4.78 is 5.35. The monoisotopic (exact) mass is 488 g/mol. The Bertz CT molecular complexity index is 1030. The summed E-state index contributed by atoms with van der Waals surface area (Å²) in [5.41, 5.74) is -1.12. The number of aromatic hydroxyl groups is 1. The van der Waals surface area contributed by atoms with Crippen LogP contribution in [0.15, 0.2) is 39.6 Å². The van der Waals surface area contributed by atoms with Gasteiger partial charge in [-0.05, 0) is 50.7 Å². The van der Waals surface area contributed by atoms with Gasteiger partial charge < -0.3 is 14.6 Å². The van der Waals surface area contributed by atoms with Gasteiger partial charge in [-0.2, -0.15) is 0 Å². The summed E-state index contributed by atoms with van der Waals surface area (Å²) in [5, 5.41) is 19.1. The number of hydrogen-bond acceptors (Lipinski definition) is 6. The second-order valence-electron chi connectivity index (χ2n) is 8.90. The van der Waals surface area contributed by atoms with Gasteiger partial charge in [0.25, 0.3) is 0 Å². The van der Waals surface area contributed by atoms with E-state index in [1.165, 1.54) is 47.6 Å². The minimum absolute atomic E-state index is 0.214. The smallest absolute Gasteiger partial charge is 0.350 e. The predicted octanol–water partition coefficient (Wildman–Crippen LogP) is 6.51. The summed E-state index contributed by atoms with van der Waals surface area (Å²) in [7, 11) is 0. The zero-order valence-corrected chi connectivity index (χ0v) is 21.2. The highest BCUT2D eigenvalue weighted by Crippen LogP contribution is 2.27. The standard InChI is InChI=1S/C27H36O6S/c1-4-5-6-7-11-20-15-16-21(34-20)14-13-19(3)26(31)25-22(28)17-23(33-27(25)32)18(2)10-8-9-12-24(29)30/h9,12,15-19,28H,4-8,10-11,13-14H2,1-3H3,(H,29,30)/b12-9+. The quantitative estimate of drug-likeness (QED) is 0.168. The third kappa shape index (κ3) is 8.60. The lowest BCUT2D eigenvalue weighted by molar-refractivity contribution is -0.131. The van der Waals surface area contributed by atoms with Gasteiger partial charge in [0.2, 0.25) is 0 Å². The molecule has 2 atom stereocenters. The van der Waals surface area contributed by atoms with Gasteiger partial charge in [0, 0.05) is 33.7 Å². The molecule has 0 saturated heterocycles. The number of carboxylic acid groups (broad SMARTS) is 1. The molecule has 0 radical (unpaired) electrons. The van der Waals surface area contributed by atoms with Crippen LogP contribution < -0.4 is 5.63 Å². The molecule has 0 fully saturated rings. The zero-order valence-electron chi connectivity index (χ0n) is 20.3. The van der Waals surface area contributed by atoms with Crippen LogP contribution in [0.4, 0.5) is 0 Å². The van der Waals surface area contributed by atoms with Gasteiger partial charge in [0.1, 0.15) is 17.1 Å². The number of thiophene rings is 1. The molecule has 2 aromatic rings. The molecule has 0 aromatic carbocycles. The molecule has 2 N–H and O–H groups in total. The lowest BCUT2D eigenvalue weighted by Crippen LogP contribution is -2.21. The first-order valence-electron chi connectivity index (χ1n) is 12.1. The van der Waals surface area contributed by atoms with E-state index in [4.69, 9.17) is 9.52 Å². The van der Waals surface area contributed by atoms with Crippen LogP contribution in [-0.2, 0) is 17.6 Å². The average Bonchev–Trinajstić information content (AvgIpc) is 3.24. The molecule has 0 aliphatic heterocycles. The number of carbonyl (C=O) groups excluding carboxylic acids is 1. The Morgan fingerprint density at radius 3 is 2.44 bits per heavy atom. The molecule has 0 aliphatic rings. The van der Waals surface area contributed by atoms with E-state index in [-0.39, 0.29) is 23.0 Å². The van der Waals surface area contributed by atoms with Crippen molar-refractivity contribution in [3.63, 3.8) is 0 Å². The highest BCUT2D eigenvalue weighted by molar-refractivity contribution is 7.11. The Kier molecular flexibility index (Phi) is 11.3. The molecule has 186 valence electrons. The number of allylic oxidation sites excluding steroid dienone is 1. The Hall–Kier alpha value is -2.67. The fourth-order valence-electron chi connectivity index (χ4n) is 3.79. The molecule has 6 nitrogen and oxygen atoms in total. The van der Waals surface area contributed by atoms with Crippen molar-refractivity contribution in [1.29, 1.82) is 0 Å². The van der Waals surface area contributed by atoms with Crippen LogP contribution in [0.3, 0.4) is 0 Å². The summed E-state index contributed by atoms with van der Waals surface area (Å²) in [6, 6.07) is 5.61. The molecule has 0 aliphatic carbocycles. The second kappa shape index (κ2) is 13.9. The van der Waals surface area contributed by atoms with Gasteiger partial charge in [0.05, 0.1) is 0 Å². The van der Waals surface area contributed by atoms with Crippen LogP contribution in [0.5, 0.6) is 5.75 Å². The van der Waals surface area contributed by atoms with E-state index in [0.717, 1.165) is 18.9 Å². The minimum Gasteiger partial charge on any atom is -0.507 e. The van der Waals surface area contributed by atoms with Gasteiger partial charge in [-0.3, -0.25) is 4.79 Å². The van der Waals surface area contributed by atoms with E-state index in [9.17, 15) is 19.5 Å². The number of aliphatic carboxylic acids is 1. The molecule has 34 heavy (non-hydrogen) atoms. The van der Waals surface area contributed by atoms with Crippen LogP contribution in [0.25, 0.3) is 0 Å². The first kappa shape index (κ1) is 27.6. The van der Waals surface area contributed by atoms with E-state index >= 15 is 0 Å². The number of rotatable bonds is 15. The van der Waals surface area contributed by atoms with Crippen molar-refractivity contribution in [2.45, 2.75) is 84.5 Å². The summed E-state index contributed by atoms with van der Waals surface area (Å²) >= 11 is 1.78. The summed E-state index contributed by atoms with van der Waals surface area (Å²) in [6.45, 7) is 5.79. The lowest BCUT2D eigenvalue weighted by Gasteiger charge is -2.13. The molecular weight excluding hydrogens is 452 g/mol. The van der Waals surface area contributed by atoms with Crippen LogP contribution in [0, 0.1) is 5.92 Å². The molecule has 0 saturated carbocycles. The van der Waals surface area contributed by atoms with Crippen molar-refractivity contribution in [3.8, 4) is 5.75 Å². The van der Waals surface area contributed by atoms with Crippen LogP contribution in [0.2, 0.25) is 0 Å². The number of Topliss-reactive ketones (excluding diaryl/α,β-unsaturated/α-hetero) is 1. The van der Waals surface area contributed by atoms with Crippen molar-refractivity contribution in [3.05, 3.63) is 61.8 Å². The maximum atomic E-state index is 12.9. The SMILES string of the molecule is CCCCCCc1ccc(CCC(C)C(=O)c2c(O)cc(C(C)CC/C=C/C(=O)O)oc2=O)s1. The lowest BCUT2D eigenvalue weighted by atomic mass is 9.94. The summed E-state index contributed by atoms with van der Waals surface area (Å²) in [4.78, 5) is 38.5. The Labute approximate surface area is 205 Å². The van der Waals surface area contributed by atoms with E-state index in [1.807, 2.05) is 6.92 Å². The highest BCUT2D eigenvalue weighted by Gasteiger charge is 2.25. The minimum atomic E-state index is -1.02. The fourth-order valence-corrected chi connectivity index (χ4v) is 4.87. The molecule has 0 amide bonds. The molecule has 2 rings (SSSR count). The van der Waals surface area contributed by atoms with Gasteiger partial charge in [-0.15, -0.1) is 11.3 Å². The number of unbranched alkanes of at least 4 members (excludes halogenated alkanes) is 3. The molecule has 0 bridgehead atoms. The number of carbonyl (C=O) groups is 2. The molecule has 7 heteroatoms. The Morgan fingerprint density at radius 1 is 1.09 bits per heavy atom. The largest absolute Gasteiger partial charge is 0.507 e. The maximum Gasteiger partial charge on any atom is 0.350 e. The summed E-state index contributed by atoms with van der Waals surface area (Å²) in [6.07, 6.45) is 11.0. The third-order valence-electron chi connectivity index (χ3n) is 5.97. The predicted molar refractivity (Wildman–Crippen MR) is 135 cm³/mol. The van der Waals surface area contributed by atoms with E-state index in [0.29, 0.717) is 19.3 Å². The van der Waals surface area contributed by atoms with Crippen LogP contribution >= 0.6 is 11.3 Å². The highest BCUT2D eigenvalue weighted by atomic mass is 32.1. The second-order valence-corrected chi connectivity index (χ2v) is 10.2. The van der Waals surface area contributed by atoms with Crippen LogP contribution in [-0.4, -0.2) is 22.0 Å². The maximum absolute atomic E-state index is 12.9. The van der Waals surface area contributed by atoms with Crippen molar-refractivity contribution < 1.29 is 24.2 Å².